The lowest BCUT2D eigenvalue weighted by molar-refractivity contribution is -0.0172. The molecule has 2 amide bonds. The van der Waals surface area contributed by atoms with Crippen LogP contribution in [0, 0.1) is 11.7 Å². The van der Waals surface area contributed by atoms with E-state index in [1.165, 1.54) is 6.07 Å². The third-order valence-corrected chi connectivity index (χ3v) is 5.20. The molecule has 0 radical (unpaired) electrons. The first-order chi connectivity index (χ1) is 12.0. The number of rotatable bonds is 4. The number of morpholine rings is 1. The number of halogens is 1. The minimum Gasteiger partial charge on any atom is -0.370 e. The number of urea groups is 1. The largest absolute Gasteiger partial charge is 0.370 e. The summed E-state index contributed by atoms with van der Waals surface area (Å²) in [5.74, 6) is 0.226. The first-order valence-electron chi connectivity index (χ1n) is 9.17. The third-order valence-electron chi connectivity index (χ3n) is 5.20. The zero-order valence-electron chi connectivity index (χ0n) is 15.1. The van der Waals surface area contributed by atoms with Crippen molar-refractivity contribution in [3.05, 3.63) is 35.6 Å². The molecule has 0 saturated carbocycles. The topological polar surface area (TPSA) is 44.8 Å². The molecule has 2 heterocycles. The van der Waals surface area contributed by atoms with Crippen molar-refractivity contribution >= 4 is 6.03 Å². The van der Waals surface area contributed by atoms with Gasteiger partial charge in [-0.25, -0.2) is 9.18 Å². The first-order valence-corrected chi connectivity index (χ1v) is 9.17. The molecule has 1 aromatic rings. The number of nitrogens with one attached hydrogen (secondary N) is 1. The van der Waals surface area contributed by atoms with Crippen LogP contribution in [0.1, 0.15) is 31.9 Å². The van der Waals surface area contributed by atoms with Gasteiger partial charge in [-0.1, -0.05) is 18.2 Å². The molecule has 2 atom stereocenters. The van der Waals surface area contributed by atoms with Crippen LogP contribution < -0.4 is 5.32 Å². The molecule has 25 heavy (non-hydrogen) atoms. The molecule has 6 heteroatoms. The molecular formula is C19H28FN3O2. The molecule has 2 saturated heterocycles. The lowest BCUT2D eigenvalue weighted by Crippen LogP contribution is -2.48. The summed E-state index contributed by atoms with van der Waals surface area (Å²) in [7, 11) is 0. The molecule has 0 aliphatic carbocycles. The van der Waals surface area contributed by atoms with Crippen LogP contribution in [0.5, 0.6) is 0 Å². The van der Waals surface area contributed by atoms with Crippen molar-refractivity contribution in [2.45, 2.75) is 32.4 Å². The number of benzene rings is 1. The standard InChI is InChI=1S/C19H28FN3O2/c1-14(2)22-8-7-15(12-22)11-21-19(24)23-9-10-25-18(13-23)16-5-3-4-6-17(16)20/h3-6,14-15,18H,7-13H2,1-2H3,(H,21,24)/t15-,18+/m1/s1. The van der Waals surface area contributed by atoms with Crippen LogP contribution in [-0.2, 0) is 4.74 Å². The number of hydrogen-bond acceptors (Lipinski definition) is 3. The first kappa shape index (κ1) is 18.1. The van der Waals surface area contributed by atoms with E-state index >= 15 is 0 Å². The molecular weight excluding hydrogens is 321 g/mol. The Kier molecular flexibility index (Phi) is 5.91. The fourth-order valence-electron chi connectivity index (χ4n) is 3.60. The van der Waals surface area contributed by atoms with Crippen molar-refractivity contribution in [3.8, 4) is 0 Å². The predicted octanol–water partition coefficient (Wildman–Crippen LogP) is 2.64. The quantitative estimate of drug-likeness (QED) is 0.909. The summed E-state index contributed by atoms with van der Waals surface area (Å²) in [5.41, 5.74) is 0.517. The Bertz CT molecular complexity index is 596. The molecule has 5 nitrogen and oxygen atoms in total. The lowest BCUT2D eigenvalue weighted by atomic mass is 10.1. The minimum atomic E-state index is -0.399. The summed E-state index contributed by atoms with van der Waals surface area (Å²) >= 11 is 0. The van der Waals surface area contributed by atoms with E-state index in [1.807, 2.05) is 0 Å². The molecule has 0 unspecified atom stereocenters. The van der Waals surface area contributed by atoms with Crippen LogP contribution >= 0.6 is 0 Å². The summed E-state index contributed by atoms with van der Waals surface area (Å²) < 4.78 is 19.6. The van der Waals surface area contributed by atoms with E-state index in [0.29, 0.717) is 43.8 Å². The summed E-state index contributed by atoms with van der Waals surface area (Å²) in [5, 5.41) is 3.05. The number of hydrogen-bond donors (Lipinski definition) is 1. The molecule has 2 aliphatic heterocycles. The average Bonchev–Trinajstić information content (AvgIpc) is 3.09. The van der Waals surface area contributed by atoms with Gasteiger partial charge in [0.05, 0.1) is 13.2 Å². The average molecular weight is 349 g/mol. The summed E-state index contributed by atoms with van der Waals surface area (Å²) in [4.78, 5) is 16.7. The highest BCUT2D eigenvalue weighted by atomic mass is 19.1. The molecule has 1 N–H and O–H groups in total. The maximum absolute atomic E-state index is 14.0. The van der Waals surface area contributed by atoms with E-state index in [-0.39, 0.29) is 11.8 Å². The molecule has 2 fully saturated rings. The van der Waals surface area contributed by atoms with Gasteiger partial charge in [-0.15, -0.1) is 0 Å². The maximum atomic E-state index is 14.0. The van der Waals surface area contributed by atoms with E-state index < -0.39 is 6.10 Å². The van der Waals surface area contributed by atoms with Crippen molar-refractivity contribution in [1.82, 2.24) is 15.1 Å². The van der Waals surface area contributed by atoms with Gasteiger partial charge in [0.1, 0.15) is 11.9 Å². The summed E-state index contributed by atoms with van der Waals surface area (Å²) in [6.07, 6.45) is 0.725. The number of ether oxygens (including phenoxy) is 1. The third kappa shape index (κ3) is 4.50. The Balaban J connectivity index is 1.50. The molecule has 0 aromatic heterocycles. The second-order valence-corrected chi connectivity index (χ2v) is 7.26. The second-order valence-electron chi connectivity index (χ2n) is 7.26. The van der Waals surface area contributed by atoms with E-state index in [1.54, 1.807) is 23.1 Å². The van der Waals surface area contributed by atoms with Gasteiger partial charge < -0.3 is 19.9 Å². The number of carbonyl (C=O) groups excluding carboxylic acids is 1. The Hall–Kier alpha value is -1.66. The van der Waals surface area contributed by atoms with Gasteiger partial charge in [0.25, 0.3) is 0 Å². The molecule has 2 aliphatic rings. The van der Waals surface area contributed by atoms with E-state index in [0.717, 1.165) is 19.5 Å². The Morgan fingerprint density at radius 3 is 2.84 bits per heavy atom. The van der Waals surface area contributed by atoms with Crippen molar-refractivity contribution < 1.29 is 13.9 Å². The smallest absolute Gasteiger partial charge is 0.317 e. The number of nitrogens with zero attached hydrogens (tertiary/aromatic N) is 2. The normalized spacial score (nSPS) is 24.7. The molecule has 0 spiro atoms. The van der Waals surface area contributed by atoms with Crippen LogP contribution in [0.4, 0.5) is 9.18 Å². The van der Waals surface area contributed by atoms with Crippen molar-refractivity contribution in [1.29, 1.82) is 0 Å². The van der Waals surface area contributed by atoms with Gasteiger partial charge in [-0.3, -0.25) is 0 Å². The summed E-state index contributed by atoms with van der Waals surface area (Å²) in [6, 6.07) is 7.09. The van der Waals surface area contributed by atoms with Crippen LogP contribution in [0.25, 0.3) is 0 Å². The highest BCUT2D eigenvalue weighted by Crippen LogP contribution is 2.24. The fourth-order valence-corrected chi connectivity index (χ4v) is 3.60. The van der Waals surface area contributed by atoms with Gasteiger partial charge in [0.2, 0.25) is 0 Å². The molecule has 1 aromatic carbocycles. The van der Waals surface area contributed by atoms with E-state index in [2.05, 4.69) is 24.1 Å². The summed E-state index contributed by atoms with van der Waals surface area (Å²) in [6.45, 7) is 8.61. The maximum Gasteiger partial charge on any atom is 0.317 e. The Morgan fingerprint density at radius 1 is 1.32 bits per heavy atom. The van der Waals surface area contributed by atoms with Gasteiger partial charge >= 0.3 is 6.03 Å². The van der Waals surface area contributed by atoms with Crippen LogP contribution in [0.2, 0.25) is 0 Å². The SMILES string of the molecule is CC(C)N1CC[C@H](CNC(=O)N2CCO[C@H](c3ccccc3F)C2)C1. The fraction of sp³-hybridized carbons (Fsp3) is 0.632. The highest BCUT2D eigenvalue weighted by Gasteiger charge is 2.28. The van der Waals surface area contributed by atoms with Gasteiger partial charge in [-0.2, -0.15) is 0 Å². The molecule has 0 bridgehead atoms. The minimum absolute atomic E-state index is 0.0763. The lowest BCUT2D eigenvalue weighted by Gasteiger charge is -2.33. The molecule has 138 valence electrons. The van der Waals surface area contributed by atoms with Crippen LogP contribution in [0.15, 0.2) is 24.3 Å². The van der Waals surface area contributed by atoms with Gasteiger partial charge in [0, 0.05) is 31.2 Å². The van der Waals surface area contributed by atoms with Crippen molar-refractivity contribution in [2.24, 2.45) is 5.92 Å². The monoisotopic (exact) mass is 349 g/mol. The van der Waals surface area contributed by atoms with Crippen LogP contribution in [0.3, 0.4) is 0 Å². The number of amides is 2. The van der Waals surface area contributed by atoms with E-state index in [4.69, 9.17) is 4.74 Å². The zero-order valence-corrected chi connectivity index (χ0v) is 15.1. The van der Waals surface area contributed by atoms with Gasteiger partial charge in [-0.05, 0) is 38.8 Å². The van der Waals surface area contributed by atoms with Crippen LogP contribution in [-0.4, -0.2) is 61.2 Å². The van der Waals surface area contributed by atoms with Gasteiger partial charge in [0.15, 0.2) is 0 Å². The highest BCUT2D eigenvalue weighted by molar-refractivity contribution is 5.74. The Labute approximate surface area is 149 Å². The van der Waals surface area contributed by atoms with Crippen molar-refractivity contribution in [2.75, 3.05) is 39.3 Å². The van der Waals surface area contributed by atoms with Crippen molar-refractivity contribution in [3.63, 3.8) is 0 Å². The number of likely N-dealkylation sites (tertiary alicyclic amines) is 1. The zero-order chi connectivity index (χ0) is 17.8. The molecule has 3 rings (SSSR count). The Morgan fingerprint density at radius 2 is 2.12 bits per heavy atom. The number of carbonyl (C=O) groups is 1. The predicted molar refractivity (Wildman–Crippen MR) is 94.9 cm³/mol. The van der Waals surface area contributed by atoms with E-state index in [9.17, 15) is 9.18 Å². The second kappa shape index (κ2) is 8.15.